The lowest BCUT2D eigenvalue weighted by Gasteiger charge is -2.23. The molecule has 0 radical (unpaired) electrons. The Kier molecular flexibility index (Phi) is 8.57. The third-order valence-corrected chi connectivity index (χ3v) is 6.16. The van der Waals surface area contributed by atoms with Crippen molar-refractivity contribution in [3.63, 3.8) is 0 Å². The number of ether oxygens (including phenoxy) is 1. The molecule has 2 rings (SSSR count). The quantitative estimate of drug-likeness (QED) is 0.535. The third kappa shape index (κ3) is 7.50. The summed E-state index contributed by atoms with van der Waals surface area (Å²) >= 11 is 0. The van der Waals surface area contributed by atoms with Crippen LogP contribution < -0.4 is 4.18 Å². The zero-order valence-electron chi connectivity index (χ0n) is 16.4. The van der Waals surface area contributed by atoms with Crippen molar-refractivity contribution in [3.8, 4) is 5.75 Å². The lowest BCUT2D eigenvalue weighted by atomic mass is 10.0. The van der Waals surface area contributed by atoms with Gasteiger partial charge in [0.1, 0.15) is 5.75 Å². The second kappa shape index (κ2) is 10.7. The number of amides is 1. The lowest BCUT2D eigenvalue weighted by molar-refractivity contribution is -0.132. The van der Waals surface area contributed by atoms with E-state index in [1.807, 2.05) is 6.07 Å². The van der Waals surface area contributed by atoms with Gasteiger partial charge >= 0.3 is 10.1 Å². The molecule has 0 spiro atoms. The van der Waals surface area contributed by atoms with Crippen LogP contribution in [-0.2, 0) is 26.2 Å². The first-order valence-electron chi connectivity index (χ1n) is 9.71. The molecule has 1 aromatic rings. The highest BCUT2D eigenvalue weighted by Gasteiger charge is 2.19. The molecule has 0 heterocycles. The summed E-state index contributed by atoms with van der Waals surface area (Å²) < 4.78 is 33.5. The fourth-order valence-corrected chi connectivity index (χ4v) is 3.91. The van der Waals surface area contributed by atoms with Gasteiger partial charge in [0.25, 0.3) is 0 Å². The zero-order valence-corrected chi connectivity index (χ0v) is 17.2. The fourth-order valence-electron chi connectivity index (χ4n) is 3.40. The van der Waals surface area contributed by atoms with E-state index in [0.717, 1.165) is 12.0 Å². The van der Waals surface area contributed by atoms with Gasteiger partial charge in [0, 0.05) is 26.6 Å². The molecular formula is C20H31NO5S. The Morgan fingerprint density at radius 3 is 2.67 bits per heavy atom. The van der Waals surface area contributed by atoms with E-state index < -0.39 is 10.1 Å². The topological polar surface area (TPSA) is 72.9 Å². The summed E-state index contributed by atoms with van der Waals surface area (Å²) in [4.78, 5) is 14.5. The minimum atomic E-state index is -3.57. The molecule has 1 aliphatic carbocycles. The summed E-state index contributed by atoms with van der Waals surface area (Å²) in [6, 6.07) is 6.90. The highest BCUT2D eigenvalue weighted by atomic mass is 32.2. The van der Waals surface area contributed by atoms with Crippen molar-refractivity contribution in [2.75, 3.05) is 26.0 Å². The number of hydrogen-bond donors (Lipinski definition) is 0. The van der Waals surface area contributed by atoms with E-state index in [1.165, 1.54) is 32.6 Å². The monoisotopic (exact) mass is 397 g/mol. The molecule has 0 bridgehead atoms. The fraction of sp³-hybridized carbons (Fsp3) is 0.650. The molecule has 0 saturated heterocycles. The molecule has 1 aliphatic rings. The van der Waals surface area contributed by atoms with E-state index in [0.29, 0.717) is 32.0 Å². The summed E-state index contributed by atoms with van der Waals surface area (Å²) in [6.07, 6.45) is 6.52. The van der Waals surface area contributed by atoms with Crippen LogP contribution in [0.2, 0.25) is 0 Å². The average molecular weight is 398 g/mol. The smallest absolute Gasteiger partial charge is 0.308 e. The summed E-state index contributed by atoms with van der Waals surface area (Å²) in [6.45, 7) is 2.93. The Labute approximate surface area is 163 Å². The lowest BCUT2D eigenvalue weighted by Crippen LogP contribution is -2.33. The van der Waals surface area contributed by atoms with Gasteiger partial charge in [-0.2, -0.15) is 8.42 Å². The molecule has 0 aromatic heterocycles. The molecule has 1 aromatic carbocycles. The van der Waals surface area contributed by atoms with Crippen LogP contribution in [0.25, 0.3) is 0 Å². The molecule has 0 atom stereocenters. The predicted molar refractivity (Wildman–Crippen MR) is 105 cm³/mol. The van der Waals surface area contributed by atoms with Crippen molar-refractivity contribution in [2.45, 2.75) is 52.0 Å². The second-order valence-corrected chi connectivity index (χ2v) is 8.93. The Hall–Kier alpha value is -1.60. The normalized spacial score (nSPS) is 15.0. The first-order chi connectivity index (χ1) is 12.9. The Morgan fingerprint density at radius 1 is 1.26 bits per heavy atom. The number of nitrogens with zero attached hydrogens (tertiary/aromatic N) is 1. The SMILES string of the molecule is CCS(=O)(=O)Oc1cccc(CN(CCOC)C(=O)CCC2CCCC2)c1. The first-order valence-corrected chi connectivity index (χ1v) is 11.3. The second-order valence-electron chi connectivity index (χ2n) is 7.07. The minimum Gasteiger partial charge on any atom is -0.383 e. The Morgan fingerprint density at radius 2 is 2.00 bits per heavy atom. The first kappa shape index (κ1) is 21.7. The van der Waals surface area contributed by atoms with Crippen molar-refractivity contribution in [1.82, 2.24) is 4.90 Å². The van der Waals surface area contributed by atoms with Crippen LogP contribution in [-0.4, -0.2) is 45.2 Å². The van der Waals surface area contributed by atoms with Gasteiger partial charge < -0.3 is 13.8 Å². The van der Waals surface area contributed by atoms with Crippen LogP contribution in [0.3, 0.4) is 0 Å². The summed E-state index contributed by atoms with van der Waals surface area (Å²) in [5, 5.41) is 0. The minimum absolute atomic E-state index is 0.0865. The standard InChI is InChI=1S/C20H31NO5S/c1-3-27(23,24)26-19-10-6-9-18(15-19)16-21(13-14-25-2)20(22)12-11-17-7-4-5-8-17/h6,9-10,15,17H,3-5,7-8,11-14,16H2,1-2H3. The summed E-state index contributed by atoms with van der Waals surface area (Å²) in [7, 11) is -1.95. The van der Waals surface area contributed by atoms with Gasteiger partial charge in [-0.3, -0.25) is 4.79 Å². The van der Waals surface area contributed by atoms with Crippen molar-refractivity contribution in [1.29, 1.82) is 0 Å². The Balaban J connectivity index is 2.00. The molecule has 0 aliphatic heterocycles. The number of benzene rings is 1. The highest BCUT2D eigenvalue weighted by molar-refractivity contribution is 7.87. The van der Waals surface area contributed by atoms with E-state index in [1.54, 1.807) is 30.2 Å². The molecule has 152 valence electrons. The van der Waals surface area contributed by atoms with Crippen molar-refractivity contribution in [2.24, 2.45) is 5.92 Å². The van der Waals surface area contributed by atoms with E-state index >= 15 is 0 Å². The van der Waals surface area contributed by atoms with E-state index in [2.05, 4.69) is 0 Å². The molecule has 0 N–H and O–H groups in total. The molecular weight excluding hydrogens is 366 g/mol. The number of rotatable bonds is 11. The van der Waals surface area contributed by atoms with Crippen LogP contribution in [0, 0.1) is 5.92 Å². The van der Waals surface area contributed by atoms with Crippen LogP contribution in [0.4, 0.5) is 0 Å². The maximum Gasteiger partial charge on any atom is 0.308 e. The number of hydrogen-bond acceptors (Lipinski definition) is 5. The van der Waals surface area contributed by atoms with Crippen LogP contribution in [0.1, 0.15) is 51.0 Å². The molecule has 6 nitrogen and oxygen atoms in total. The van der Waals surface area contributed by atoms with Crippen molar-refractivity contribution >= 4 is 16.0 Å². The van der Waals surface area contributed by atoms with E-state index in [4.69, 9.17) is 8.92 Å². The van der Waals surface area contributed by atoms with Gasteiger partial charge in [-0.1, -0.05) is 37.8 Å². The van der Waals surface area contributed by atoms with Crippen molar-refractivity contribution in [3.05, 3.63) is 29.8 Å². The van der Waals surface area contributed by atoms with E-state index in [9.17, 15) is 13.2 Å². The molecule has 27 heavy (non-hydrogen) atoms. The van der Waals surface area contributed by atoms with Crippen LogP contribution in [0.15, 0.2) is 24.3 Å². The predicted octanol–water partition coefficient (Wildman–Crippen LogP) is 3.36. The molecule has 1 saturated carbocycles. The van der Waals surface area contributed by atoms with Crippen LogP contribution in [0.5, 0.6) is 5.75 Å². The largest absolute Gasteiger partial charge is 0.383 e. The van der Waals surface area contributed by atoms with Gasteiger partial charge in [-0.05, 0) is 37.0 Å². The zero-order chi connectivity index (χ0) is 19.7. The van der Waals surface area contributed by atoms with Gasteiger partial charge in [-0.15, -0.1) is 0 Å². The molecule has 1 amide bonds. The van der Waals surface area contributed by atoms with Crippen molar-refractivity contribution < 1.29 is 22.1 Å². The third-order valence-electron chi connectivity index (χ3n) is 5.01. The molecule has 7 heteroatoms. The van der Waals surface area contributed by atoms with Gasteiger partial charge in [0.2, 0.25) is 5.91 Å². The average Bonchev–Trinajstić information content (AvgIpc) is 3.16. The number of methoxy groups -OCH3 is 1. The molecule has 0 unspecified atom stereocenters. The van der Waals surface area contributed by atoms with Crippen LogP contribution >= 0.6 is 0 Å². The van der Waals surface area contributed by atoms with Gasteiger partial charge in [0.15, 0.2) is 0 Å². The van der Waals surface area contributed by atoms with Gasteiger partial charge in [0.05, 0.1) is 12.4 Å². The Bertz CT molecular complexity index is 698. The number of carbonyl (C=O) groups excluding carboxylic acids is 1. The summed E-state index contributed by atoms with van der Waals surface area (Å²) in [5.74, 6) is 0.983. The summed E-state index contributed by atoms with van der Waals surface area (Å²) in [5.41, 5.74) is 0.837. The maximum atomic E-state index is 12.7. The maximum absolute atomic E-state index is 12.7. The van der Waals surface area contributed by atoms with Gasteiger partial charge in [-0.25, -0.2) is 0 Å². The number of carbonyl (C=O) groups is 1. The van der Waals surface area contributed by atoms with E-state index in [-0.39, 0.29) is 17.4 Å². The molecule has 1 fully saturated rings. The highest BCUT2D eigenvalue weighted by Crippen LogP contribution is 2.29.